The van der Waals surface area contributed by atoms with Gasteiger partial charge in [0.25, 0.3) is 5.91 Å². The van der Waals surface area contributed by atoms with Crippen molar-refractivity contribution in [1.29, 1.82) is 0 Å². The Balaban J connectivity index is 1.57. The Morgan fingerprint density at radius 1 is 0.933 bits per heavy atom. The summed E-state index contributed by atoms with van der Waals surface area (Å²) in [5.41, 5.74) is 3.76. The summed E-state index contributed by atoms with van der Waals surface area (Å²) < 4.78 is 10.4. The van der Waals surface area contributed by atoms with Crippen LogP contribution in [0.4, 0.5) is 0 Å². The first-order valence-corrected chi connectivity index (χ1v) is 9.46. The quantitative estimate of drug-likeness (QED) is 0.252. The van der Waals surface area contributed by atoms with E-state index in [4.69, 9.17) is 32.7 Å². The van der Waals surface area contributed by atoms with E-state index in [2.05, 4.69) is 10.5 Å². The molecule has 6 nitrogen and oxygen atoms in total. The van der Waals surface area contributed by atoms with E-state index < -0.39 is 11.9 Å². The number of amides is 1. The predicted octanol–water partition coefficient (Wildman–Crippen LogP) is 4.99. The molecule has 0 aliphatic heterocycles. The normalized spacial score (nSPS) is 10.6. The lowest BCUT2D eigenvalue weighted by atomic mass is 10.2. The smallest absolute Gasteiger partial charge is 0.343 e. The highest BCUT2D eigenvalue weighted by Crippen LogP contribution is 2.21. The number of esters is 1. The van der Waals surface area contributed by atoms with Crippen molar-refractivity contribution in [2.75, 3.05) is 7.11 Å². The Morgan fingerprint density at radius 2 is 1.60 bits per heavy atom. The molecule has 3 rings (SSSR count). The number of methoxy groups -OCH3 is 1. The van der Waals surface area contributed by atoms with Crippen LogP contribution in [0.2, 0.25) is 10.0 Å². The van der Waals surface area contributed by atoms with Gasteiger partial charge in [0.05, 0.1) is 29.5 Å². The molecule has 30 heavy (non-hydrogen) atoms. The van der Waals surface area contributed by atoms with Crippen molar-refractivity contribution in [3.8, 4) is 11.5 Å². The fourth-order valence-corrected chi connectivity index (χ4v) is 2.91. The number of halogens is 2. The maximum Gasteiger partial charge on any atom is 0.343 e. The summed E-state index contributed by atoms with van der Waals surface area (Å²) in [6, 6.07) is 17.8. The summed E-state index contributed by atoms with van der Waals surface area (Å²) in [5.74, 6) is 0.0923. The highest BCUT2D eigenvalue weighted by molar-refractivity contribution is 6.36. The fraction of sp³-hybridized carbons (Fsp3) is 0.0455. The van der Waals surface area contributed by atoms with Gasteiger partial charge < -0.3 is 9.47 Å². The van der Waals surface area contributed by atoms with E-state index in [1.165, 1.54) is 18.3 Å². The maximum atomic E-state index is 12.2. The minimum Gasteiger partial charge on any atom is -0.497 e. The van der Waals surface area contributed by atoms with Crippen molar-refractivity contribution in [3.63, 3.8) is 0 Å². The van der Waals surface area contributed by atoms with Gasteiger partial charge in [-0.3, -0.25) is 4.79 Å². The molecule has 8 heteroatoms. The van der Waals surface area contributed by atoms with Crippen LogP contribution in [0.3, 0.4) is 0 Å². The van der Waals surface area contributed by atoms with Crippen LogP contribution in [0.5, 0.6) is 11.5 Å². The molecule has 3 aromatic rings. The molecule has 1 N–H and O–H groups in total. The van der Waals surface area contributed by atoms with Crippen LogP contribution < -0.4 is 14.9 Å². The molecule has 152 valence electrons. The molecule has 0 heterocycles. The minimum atomic E-state index is -0.480. The van der Waals surface area contributed by atoms with E-state index in [1.54, 1.807) is 61.7 Å². The number of benzene rings is 3. The number of nitrogens with zero attached hydrogens (tertiary/aromatic N) is 1. The van der Waals surface area contributed by atoms with E-state index in [1.807, 2.05) is 0 Å². The molecule has 0 atom stereocenters. The molecular formula is C22H16Cl2N2O4. The summed E-state index contributed by atoms with van der Waals surface area (Å²) in [4.78, 5) is 24.3. The zero-order chi connectivity index (χ0) is 21.5. The van der Waals surface area contributed by atoms with Crippen molar-refractivity contribution >= 4 is 41.3 Å². The molecule has 3 aromatic carbocycles. The second kappa shape index (κ2) is 9.91. The van der Waals surface area contributed by atoms with Crippen LogP contribution in [0.1, 0.15) is 26.3 Å². The first-order chi connectivity index (χ1) is 14.5. The van der Waals surface area contributed by atoms with Crippen LogP contribution in [0.15, 0.2) is 71.8 Å². The van der Waals surface area contributed by atoms with Gasteiger partial charge in [0.2, 0.25) is 0 Å². The zero-order valence-corrected chi connectivity index (χ0v) is 17.3. The summed E-state index contributed by atoms with van der Waals surface area (Å²) in [6.45, 7) is 0. The number of ether oxygens (including phenoxy) is 2. The molecule has 0 spiro atoms. The van der Waals surface area contributed by atoms with Gasteiger partial charge in [-0.2, -0.15) is 5.10 Å². The van der Waals surface area contributed by atoms with E-state index in [9.17, 15) is 9.59 Å². The topological polar surface area (TPSA) is 77.0 Å². The number of nitrogens with one attached hydrogen (secondary N) is 1. The van der Waals surface area contributed by atoms with Crippen molar-refractivity contribution in [1.82, 2.24) is 5.43 Å². The van der Waals surface area contributed by atoms with Gasteiger partial charge in [0.15, 0.2) is 0 Å². The number of hydrogen-bond acceptors (Lipinski definition) is 5. The number of hydrazone groups is 1. The standard InChI is InChI=1S/C22H16Cl2N2O4/c1-29-17-9-4-15(5-10-17)22(28)30-18-7-2-14(3-8-18)13-25-26-21(27)19-11-6-16(23)12-20(19)24/h2-13H,1H3,(H,26,27)/b25-13-. The fourth-order valence-electron chi connectivity index (χ4n) is 2.41. The molecule has 1 amide bonds. The van der Waals surface area contributed by atoms with Crippen LogP contribution in [-0.2, 0) is 0 Å². The van der Waals surface area contributed by atoms with Crippen molar-refractivity contribution < 1.29 is 19.1 Å². The van der Waals surface area contributed by atoms with Gasteiger partial charge >= 0.3 is 5.97 Å². The van der Waals surface area contributed by atoms with Crippen molar-refractivity contribution in [2.45, 2.75) is 0 Å². The van der Waals surface area contributed by atoms with Crippen LogP contribution in [-0.4, -0.2) is 25.2 Å². The van der Waals surface area contributed by atoms with Gasteiger partial charge in [-0.1, -0.05) is 23.2 Å². The van der Waals surface area contributed by atoms with E-state index >= 15 is 0 Å². The Kier molecular flexibility index (Phi) is 7.06. The predicted molar refractivity (Wildman–Crippen MR) is 116 cm³/mol. The maximum absolute atomic E-state index is 12.2. The third-order valence-corrected chi connectivity index (χ3v) is 4.52. The molecule has 0 aliphatic carbocycles. The second-order valence-corrected chi connectivity index (χ2v) is 6.85. The molecule has 0 unspecified atom stereocenters. The Morgan fingerprint density at radius 3 is 2.23 bits per heavy atom. The summed E-state index contributed by atoms with van der Waals surface area (Å²) in [6.07, 6.45) is 1.46. The SMILES string of the molecule is COc1ccc(C(=O)Oc2ccc(/C=N\NC(=O)c3ccc(Cl)cc3Cl)cc2)cc1. The largest absolute Gasteiger partial charge is 0.497 e. The van der Waals surface area contributed by atoms with Crippen molar-refractivity contribution in [2.24, 2.45) is 5.10 Å². The van der Waals surface area contributed by atoms with E-state index in [0.29, 0.717) is 27.6 Å². The van der Waals surface area contributed by atoms with Gasteiger partial charge in [0.1, 0.15) is 11.5 Å². The van der Waals surface area contributed by atoms with Crippen LogP contribution in [0.25, 0.3) is 0 Å². The summed E-state index contributed by atoms with van der Waals surface area (Å²) >= 11 is 11.8. The number of carbonyl (C=O) groups is 2. The van der Waals surface area contributed by atoms with Crippen LogP contribution in [0, 0.1) is 0 Å². The average Bonchev–Trinajstić information content (AvgIpc) is 2.75. The number of hydrogen-bond donors (Lipinski definition) is 1. The molecular weight excluding hydrogens is 427 g/mol. The molecule has 0 bridgehead atoms. The first kappa shape index (κ1) is 21.4. The van der Waals surface area contributed by atoms with Gasteiger partial charge in [-0.15, -0.1) is 0 Å². The molecule has 0 aliphatic rings. The molecule has 0 saturated heterocycles. The first-order valence-electron chi connectivity index (χ1n) is 8.71. The number of carbonyl (C=O) groups excluding carboxylic acids is 2. The second-order valence-electron chi connectivity index (χ2n) is 6.01. The van der Waals surface area contributed by atoms with E-state index in [-0.39, 0.29) is 10.6 Å². The molecule has 0 fully saturated rings. The monoisotopic (exact) mass is 442 g/mol. The highest BCUT2D eigenvalue weighted by Gasteiger charge is 2.10. The highest BCUT2D eigenvalue weighted by atomic mass is 35.5. The Bertz CT molecular complexity index is 1080. The lowest BCUT2D eigenvalue weighted by Crippen LogP contribution is -2.18. The van der Waals surface area contributed by atoms with E-state index in [0.717, 1.165) is 0 Å². The molecule has 0 radical (unpaired) electrons. The zero-order valence-electron chi connectivity index (χ0n) is 15.8. The lowest BCUT2D eigenvalue weighted by molar-refractivity contribution is 0.0734. The summed E-state index contributed by atoms with van der Waals surface area (Å²) in [7, 11) is 1.55. The van der Waals surface area contributed by atoms with Gasteiger partial charge in [-0.05, 0) is 72.3 Å². The lowest BCUT2D eigenvalue weighted by Gasteiger charge is -2.05. The van der Waals surface area contributed by atoms with Gasteiger partial charge in [0, 0.05) is 5.02 Å². The number of rotatable bonds is 6. The third-order valence-electron chi connectivity index (χ3n) is 3.97. The van der Waals surface area contributed by atoms with Crippen molar-refractivity contribution in [3.05, 3.63) is 93.5 Å². The van der Waals surface area contributed by atoms with Crippen LogP contribution >= 0.6 is 23.2 Å². The Hall–Kier alpha value is -3.35. The Labute approximate surface area is 183 Å². The average molecular weight is 443 g/mol. The molecule has 0 saturated carbocycles. The third kappa shape index (κ3) is 5.59. The molecule has 0 aromatic heterocycles. The summed E-state index contributed by atoms with van der Waals surface area (Å²) in [5, 5.41) is 4.57. The minimum absolute atomic E-state index is 0.234. The van der Waals surface area contributed by atoms with Gasteiger partial charge in [-0.25, -0.2) is 10.2 Å².